The minimum atomic E-state index is -4.42. The number of aryl methyl sites for hydroxylation is 1. The summed E-state index contributed by atoms with van der Waals surface area (Å²) in [5.74, 6) is -1.12. The molecule has 1 unspecified atom stereocenters. The second-order valence-electron chi connectivity index (χ2n) is 10.2. The lowest BCUT2D eigenvalue weighted by Crippen LogP contribution is -2.80. The summed E-state index contributed by atoms with van der Waals surface area (Å²) in [6.07, 6.45) is -0.922. The predicted octanol–water partition coefficient (Wildman–Crippen LogP) is 5.57. The molecule has 10 heteroatoms. The molecule has 5 N–H and O–H groups in total. The predicted molar refractivity (Wildman–Crippen MR) is 147 cm³/mol. The number of quaternary nitrogens is 1. The molecule has 2 aromatic carbocycles. The number of aromatic nitrogens is 1. The van der Waals surface area contributed by atoms with Gasteiger partial charge in [-0.1, -0.05) is 19.9 Å². The minimum Gasteiger partial charge on any atom is -0.481 e. The van der Waals surface area contributed by atoms with Crippen LogP contribution in [0.4, 0.5) is 18.9 Å². The number of nitrogens with one attached hydrogen (secondary N) is 2. The van der Waals surface area contributed by atoms with Crippen molar-refractivity contribution >= 4 is 23.8 Å². The minimum absolute atomic E-state index is 0.00902. The number of hydrogen-bond donors (Lipinski definition) is 4. The molecule has 212 valence electrons. The first-order valence-electron chi connectivity index (χ1n) is 12.9. The van der Waals surface area contributed by atoms with Crippen molar-refractivity contribution in [2.24, 2.45) is 5.92 Å². The molecular weight excluding hydrogens is 521 g/mol. The standard InChI is InChI=1S/C30H33F3N4O3/c1-17(2)13-27(20-5-9-26(36-16-20)29(40)35-12-11-28(38)39)37-25-10-8-23(19(4)24(25)15-34)22-7-6-21(14-18(22)3)30(31,32)33/h5-10,14-17,27,34,37H,11-13H2,1-4H3,(H,35,40)(H,38,39)/p+1. The third-order valence-electron chi connectivity index (χ3n) is 6.71. The fraction of sp³-hybridized carbons (Fsp3) is 0.333. The highest BCUT2D eigenvalue weighted by Crippen LogP contribution is 2.35. The number of aliphatic carboxylic acids is 1. The molecule has 0 saturated heterocycles. The molecule has 3 rings (SSSR count). The van der Waals surface area contributed by atoms with Crippen LogP contribution in [0.2, 0.25) is 0 Å². The molecule has 0 saturated carbocycles. The third-order valence-corrected chi connectivity index (χ3v) is 6.71. The molecule has 0 bridgehead atoms. The highest BCUT2D eigenvalue weighted by Gasteiger charge is 2.31. The molecule has 1 amide bonds. The van der Waals surface area contributed by atoms with Gasteiger partial charge in [0.25, 0.3) is 5.91 Å². The molecule has 0 aliphatic rings. The zero-order chi connectivity index (χ0) is 29.6. The molecule has 0 fully saturated rings. The Morgan fingerprint density at radius 3 is 2.35 bits per heavy atom. The second-order valence-corrected chi connectivity index (χ2v) is 10.2. The van der Waals surface area contributed by atoms with Gasteiger partial charge in [-0.2, -0.15) is 13.2 Å². The van der Waals surface area contributed by atoms with Crippen LogP contribution in [-0.4, -0.2) is 34.7 Å². The number of nitrogens with zero attached hydrogens (tertiary/aromatic N) is 1. The lowest BCUT2D eigenvalue weighted by molar-refractivity contribution is -0.620. The van der Waals surface area contributed by atoms with E-state index in [4.69, 9.17) is 10.5 Å². The van der Waals surface area contributed by atoms with E-state index >= 15 is 0 Å². The number of carboxylic acid groups (broad SMARTS) is 1. The van der Waals surface area contributed by atoms with Crippen molar-refractivity contribution in [2.75, 3.05) is 6.54 Å². The van der Waals surface area contributed by atoms with Crippen LogP contribution in [0.3, 0.4) is 0 Å². The van der Waals surface area contributed by atoms with Crippen LogP contribution >= 0.6 is 0 Å². The summed E-state index contributed by atoms with van der Waals surface area (Å²) < 4.78 is 39.5. The molecule has 0 radical (unpaired) electrons. The number of pyridine rings is 1. The summed E-state index contributed by atoms with van der Waals surface area (Å²) in [5.41, 5.74) is 4.61. The number of carbonyl (C=O) groups is 2. The van der Waals surface area contributed by atoms with Crippen LogP contribution in [0, 0.1) is 25.2 Å². The molecular formula is C30H34F3N4O3+. The number of benzene rings is 2. The number of halogens is 3. The molecule has 1 aromatic heterocycles. The quantitative estimate of drug-likeness (QED) is 0.183. The Morgan fingerprint density at radius 2 is 1.80 bits per heavy atom. The number of rotatable bonds is 11. The molecule has 7 nitrogen and oxygen atoms in total. The van der Waals surface area contributed by atoms with E-state index in [-0.39, 0.29) is 24.7 Å². The first kappa shape index (κ1) is 30.5. The Balaban J connectivity index is 1.89. The van der Waals surface area contributed by atoms with Gasteiger partial charge in [-0.05, 0) is 72.4 Å². The lowest BCUT2D eigenvalue weighted by atomic mass is 9.91. The normalized spacial score (nSPS) is 12.3. The number of amides is 1. The van der Waals surface area contributed by atoms with E-state index in [0.29, 0.717) is 22.6 Å². The van der Waals surface area contributed by atoms with E-state index in [1.165, 1.54) is 12.3 Å². The van der Waals surface area contributed by atoms with Gasteiger partial charge in [-0.15, -0.1) is 0 Å². The van der Waals surface area contributed by atoms with E-state index in [1.54, 1.807) is 19.2 Å². The Hall–Kier alpha value is -4.05. The van der Waals surface area contributed by atoms with Crippen LogP contribution < -0.4 is 10.6 Å². The Bertz CT molecular complexity index is 1390. The van der Waals surface area contributed by atoms with E-state index in [1.807, 2.05) is 25.1 Å². The van der Waals surface area contributed by atoms with Gasteiger partial charge < -0.3 is 21.1 Å². The Kier molecular flexibility index (Phi) is 9.81. The molecule has 0 aliphatic carbocycles. The third kappa shape index (κ3) is 7.53. The van der Waals surface area contributed by atoms with E-state index in [9.17, 15) is 22.8 Å². The summed E-state index contributed by atoms with van der Waals surface area (Å²) in [4.78, 5) is 27.2. The second kappa shape index (κ2) is 12.9. The van der Waals surface area contributed by atoms with Gasteiger partial charge in [0.05, 0.1) is 17.5 Å². The number of hydrogen-bond acceptors (Lipinski definition) is 4. The SMILES string of the molecule is Cc1cc(C(F)(F)F)ccc1-c1ccc([NH2+]C(CC(C)C)c2ccc(C(=O)NCCC(=O)O)nc2)c(C=N)c1C. The van der Waals surface area contributed by atoms with Gasteiger partial charge in [-0.3, -0.25) is 14.6 Å². The largest absolute Gasteiger partial charge is 0.481 e. The van der Waals surface area contributed by atoms with Gasteiger partial charge in [0.15, 0.2) is 0 Å². The average Bonchev–Trinajstić information content (AvgIpc) is 2.88. The number of nitrogens with two attached hydrogens (primary N) is 1. The molecule has 1 atom stereocenters. The maximum Gasteiger partial charge on any atom is 0.416 e. The summed E-state index contributed by atoms with van der Waals surface area (Å²) in [6.45, 7) is 7.71. The van der Waals surface area contributed by atoms with Crippen molar-refractivity contribution in [1.29, 1.82) is 5.41 Å². The molecule has 0 aliphatic heterocycles. The fourth-order valence-corrected chi connectivity index (χ4v) is 4.68. The van der Waals surface area contributed by atoms with E-state index in [2.05, 4.69) is 29.5 Å². The summed E-state index contributed by atoms with van der Waals surface area (Å²) in [5, 5.41) is 21.4. The topological polar surface area (TPSA) is 120 Å². The van der Waals surface area contributed by atoms with Crippen molar-refractivity contribution in [1.82, 2.24) is 10.3 Å². The first-order valence-corrected chi connectivity index (χ1v) is 12.9. The van der Waals surface area contributed by atoms with Crippen molar-refractivity contribution in [3.8, 4) is 11.1 Å². The van der Waals surface area contributed by atoms with Crippen molar-refractivity contribution in [2.45, 2.75) is 52.8 Å². The van der Waals surface area contributed by atoms with Gasteiger partial charge in [-0.25, -0.2) is 0 Å². The van der Waals surface area contributed by atoms with Gasteiger partial charge in [0.2, 0.25) is 0 Å². The van der Waals surface area contributed by atoms with E-state index in [0.717, 1.165) is 40.9 Å². The number of carbonyl (C=O) groups excluding carboxylic acids is 1. The monoisotopic (exact) mass is 555 g/mol. The van der Waals surface area contributed by atoms with Gasteiger partial charge in [0, 0.05) is 37.0 Å². The van der Waals surface area contributed by atoms with Crippen LogP contribution in [0.5, 0.6) is 0 Å². The van der Waals surface area contributed by atoms with Crippen molar-refractivity contribution < 1.29 is 33.2 Å². The number of carboxylic acids is 1. The van der Waals surface area contributed by atoms with Crippen LogP contribution in [0.15, 0.2) is 48.7 Å². The highest BCUT2D eigenvalue weighted by molar-refractivity contribution is 5.92. The maximum atomic E-state index is 13.2. The molecule has 40 heavy (non-hydrogen) atoms. The smallest absolute Gasteiger partial charge is 0.416 e. The molecule has 3 aromatic rings. The molecule has 1 heterocycles. The van der Waals surface area contributed by atoms with Crippen molar-refractivity contribution in [3.63, 3.8) is 0 Å². The summed E-state index contributed by atoms with van der Waals surface area (Å²) in [6, 6.07) is 10.8. The zero-order valence-corrected chi connectivity index (χ0v) is 22.9. The van der Waals surface area contributed by atoms with Crippen LogP contribution in [0.1, 0.15) is 71.0 Å². The number of alkyl halides is 3. The fourth-order valence-electron chi connectivity index (χ4n) is 4.68. The first-order chi connectivity index (χ1) is 18.8. The highest BCUT2D eigenvalue weighted by atomic mass is 19.4. The summed E-state index contributed by atoms with van der Waals surface area (Å²) >= 11 is 0. The zero-order valence-electron chi connectivity index (χ0n) is 22.9. The summed E-state index contributed by atoms with van der Waals surface area (Å²) in [7, 11) is 0. The van der Waals surface area contributed by atoms with Crippen LogP contribution in [0.25, 0.3) is 11.1 Å². The molecule has 0 spiro atoms. The van der Waals surface area contributed by atoms with E-state index < -0.39 is 23.6 Å². The Morgan fingerprint density at radius 1 is 1.10 bits per heavy atom. The Labute approximate surface area is 231 Å². The maximum absolute atomic E-state index is 13.2. The van der Waals surface area contributed by atoms with Gasteiger partial charge >= 0.3 is 12.1 Å². The van der Waals surface area contributed by atoms with Gasteiger partial charge in [0.1, 0.15) is 17.4 Å². The van der Waals surface area contributed by atoms with Crippen LogP contribution in [-0.2, 0) is 11.0 Å². The lowest BCUT2D eigenvalue weighted by Gasteiger charge is -2.21. The van der Waals surface area contributed by atoms with Crippen molar-refractivity contribution in [3.05, 3.63) is 82.2 Å². The average molecular weight is 556 g/mol.